The van der Waals surface area contributed by atoms with E-state index in [2.05, 4.69) is 56.2 Å². The molecule has 0 saturated heterocycles. The Hall–Kier alpha value is -3.37. The summed E-state index contributed by atoms with van der Waals surface area (Å²) in [6.07, 6.45) is 16.3. The Kier molecular flexibility index (Phi) is 10.4. The van der Waals surface area contributed by atoms with Gasteiger partial charge in [-0.25, -0.2) is 4.68 Å². The van der Waals surface area contributed by atoms with E-state index in [0.717, 1.165) is 40.9 Å². The molecule has 0 fully saturated rings. The second-order valence-electron chi connectivity index (χ2n) is 7.96. The van der Waals surface area contributed by atoms with Gasteiger partial charge in [0.05, 0.1) is 11.4 Å². The molecule has 33 heavy (non-hydrogen) atoms. The van der Waals surface area contributed by atoms with E-state index in [0.29, 0.717) is 6.54 Å². The van der Waals surface area contributed by atoms with Gasteiger partial charge < -0.3 is 5.73 Å². The Labute approximate surface area is 198 Å². The van der Waals surface area contributed by atoms with Crippen molar-refractivity contribution in [2.24, 2.45) is 5.73 Å². The molecule has 0 aliphatic rings. The van der Waals surface area contributed by atoms with Crippen LogP contribution in [0.25, 0.3) is 17.0 Å². The van der Waals surface area contributed by atoms with Crippen molar-refractivity contribution in [2.45, 2.75) is 47.5 Å². The van der Waals surface area contributed by atoms with Crippen molar-refractivity contribution in [3.8, 4) is 11.3 Å². The van der Waals surface area contributed by atoms with Crippen molar-refractivity contribution in [1.82, 2.24) is 9.78 Å². The van der Waals surface area contributed by atoms with Gasteiger partial charge in [-0.1, -0.05) is 85.4 Å². The third-order valence-corrected chi connectivity index (χ3v) is 5.47. The standard InChI is InChI=1S/C29H37N3O/c1-6-12-24(19-20-30)17-16-23(5)26(18-15-22(4)7-2)28(8-3)32-29(33)21-27(31-32)25-13-10-9-11-14-25/h6,8-18,21,31H,7,19-20,30H2,1-5H3/b12-6+,22-15+,23-16+,24-17+,26-18-,28-8+. The van der Waals surface area contributed by atoms with Crippen molar-refractivity contribution in [3.05, 3.63) is 112 Å². The lowest BCUT2D eigenvalue weighted by Crippen LogP contribution is -2.16. The SMILES string of the molecule is C\C=C\C(=C/C=C(C)/C(=C/C=C(\C)CC)C(=C\C)/n1[nH]c(-c2ccccc2)cc1=O)CCN. The number of nitrogens with two attached hydrogens (primary N) is 1. The Balaban J connectivity index is 2.59. The van der Waals surface area contributed by atoms with Crippen molar-refractivity contribution in [2.75, 3.05) is 6.54 Å². The van der Waals surface area contributed by atoms with Crippen molar-refractivity contribution >= 4 is 5.70 Å². The Morgan fingerprint density at radius 2 is 1.79 bits per heavy atom. The van der Waals surface area contributed by atoms with Gasteiger partial charge >= 0.3 is 0 Å². The van der Waals surface area contributed by atoms with Crippen LogP contribution in [-0.2, 0) is 0 Å². The van der Waals surface area contributed by atoms with Gasteiger partial charge in [-0.15, -0.1) is 0 Å². The summed E-state index contributed by atoms with van der Waals surface area (Å²) < 4.78 is 1.62. The number of benzene rings is 1. The molecule has 1 heterocycles. The second-order valence-corrected chi connectivity index (χ2v) is 7.96. The number of nitrogens with zero attached hydrogens (tertiary/aromatic N) is 1. The number of allylic oxidation sites excluding steroid dienone is 11. The Morgan fingerprint density at radius 1 is 1.06 bits per heavy atom. The van der Waals surface area contributed by atoms with E-state index < -0.39 is 0 Å². The molecule has 0 atom stereocenters. The van der Waals surface area contributed by atoms with E-state index >= 15 is 0 Å². The lowest BCUT2D eigenvalue weighted by Gasteiger charge is -2.13. The third kappa shape index (κ3) is 7.33. The zero-order chi connectivity index (χ0) is 24.2. The monoisotopic (exact) mass is 443 g/mol. The summed E-state index contributed by atoms with van der Waals surface area (Å²) in [6.45, 7) is 10.9. The van der Waals surface area contributed by atoms with E-state index in [1.165, 1.54) is 11.1 Å². The van der Waals surface area contributed by atoms with Gasteiger partial charge in [-0.2, -0.15) is 0 Å². The molecular weight excluding hydrogens is 406 g/mol. The van der Waals surface area contributed by atoms with Crippen LogP contribution < -0.4 is 11.3 Å². The smallest absolute Gasteiger partial charge is 0.271 e. The third-order valence-electron chi connectivity index (χ3n) is 5.47. The van der Waals surface area contributed by atoms with E-state index in [1.807, 2.05) is 56.3 Å². The largest absolute Gasteiger partial charge is 0.330 e. The fraction of sp³-hybridized carbons (Fsp3) is 0.276. The van der Waals surface area contributed by atoms with Crippen LogP contribution in [0, 0.1) is 0 Å². The van der Waals surface area contributed by atoms with Crippen LogP contribution in [0.15, 0.2) is 106 Å². The zero-order valence-corrected chi connectivity index (χ0v) is 20.6. The minimum absolute atomic E-state index is 0.0925. The summed E-state index contributed by atoms with van der Waals surface area (Å²) in [7, 11) is 0. The molecule has 3 N–H and O–H groups in total. The van der Waals surface area contributed by atoms with Crippen LogP contribution in [-0.4, -0.2) is 16.3 Å². The average Bonchev–Trinajstić information content (AvgIpc) is 3.21. The number of aromatic amines is 1. The van der Waals surface area contributed by atoms with Crippen LogP contribution >= 0.6 is 0 Å². The van der Waals surface area contributed by atoms with Gasteiger partial charge in [0.1, 0.15) is 0 Å². The molecule has 2 aromatic rings. The van der Waals surface area contributed by atoms with Gasteiger partial charge in [-0.05, 0) is 63.8 Å². The van der Waals surface area contributed by atoms with Crippen LogP contribution in [0.5, 0.6) is 0 Å². The van der Waals surface area contributed by atoms with Gasteiger partial charge in [0.25, 0.3) is 5.56 Å². The molecule has 2 rings (SSSR count). The maximum atomic E-state index is 13.0. The molecule has 0 saturated carbocycles. The minimum atomic E-state index is -0.0925. The first-order valence-electron chi connectivity index (χ1n) is 11.6. The summed E-state index contributed by atoms with van der Waals surface area (Å²) in [5, 5.41) is 3.30. The molecule has 4 nitrogen and oxygen atoms in total. The van der Waals surface area contributed by atoms with E-state index in [-0.39, 0.29) is 5.56 Å². The average molecular weight is 444 g/mol. The van der Waals surface area contributed by atoms with Gasteiger partial charge in [-0.3, -0.25) is 9.89 Å². The van der Waals surface area contributed by atoms with Crippen molar-refractivity contribution in [1.29, 1.82) is 0 Å². The molecular formula is C29H37N3O. The molecule has 174 valence electrons. The van der Waals surface area contributed by atoms with E-state index in [4.69, 9.17) is 5.73 Å². The molecule has 0 amide bonds. The quantitative estimate of drug-likeness (QED) is 0.397. The lowest BCUT2D eigenvalue weighted by molar-refractivity contribution is 0.871. The number of aromatic nitrogens is 2. The summed E-state index contributed by atoms with van der Waals surface area (Å²) in [5.74, 6) is 0. The topological polar surface area (TPSA) is 63.8 Å². The first kappa shape index (κ1) is 25.9. The van der Waals surface area contributed by atoms with Gasteiger partial charge in [0.15, 0.2) is 0 Å². The first-order valence-corrected chi connectivity index (χ1v) is 11.6. The number of rotatable bonds is 10. The van der Waals surface area contributed by atoms with Gasteiger partial charge in [0.2, 0.25) is 0 Å². The summed E-state index contributed by atoms with van der Waals surface area (Å²) in [5.41, 5.74) is 12.7. The van der Waals surface area contributed by atoms with Crippen molar-refractivity contribution < 1.29 is 0 Å². The summed E-state index contributed by atoms with van der Waals surface area (Å²) >= 11 is 0. The highest BCUT2D eigenvalue weighted by Gasteiger charge is 2.13. The Morgan fingerprint density at radius 3 is 2.39 bits per heavy atom. The molecule has 0 aliphatic carbocycles. The van der Waals surface area contributed by atoms with E-state index in [1.54, 1.807) is 10.7 Å². The fourth-order valence-electron chi connectivity index (χ4n) is 3.43. The number of H-pyrrole nitrogens is 1. The predicted molar refractivity (Wildman–Crippen MR) is 143 cm³/mol. The molecule has 0 spiro atoms. The summed E-state index contributed by atoms with van der Waals surface area (Å²) in [6, 6.07) is 11.5. The molecule has 0 unspecified atom stereocenters. The predicted octanol–water partition coefficient (Wildman–Crippen LogP) is 6.78. The summed E-state index contributed by atoms with van der Waals surface area (Å²) in [4.78, 5) is 13.0. The molecule has 0 aliphatic heterocycles. The molecule has 0 radical (unpaired) electrons. The molecule has 1 aromatic heterocycles. The Bertz CT molecular complexity index is 1150. The highest BCUT2D eigenvalue weighted by molar-refractivity contribution is 5.72. The van der Waals surface area contributed by atoms with E-state index in [9.17, 15) is 4.79 Å². The molecule has 0 bridgehead atoms. The van der Waals surface area contributed by atoms with Crippen molar-refractivity contribution in [3.63, 3.8) is 0 Å². The van der Waals surface area contributed by atoms with Crippen LogP contribution in [0.4, 0.5) is 0 Å². The maximum absolute atomic E-state index is 13.0. The van der Waals surface area contributed by atoms with Crippen LogP contribution in [0.2, 0.25) is 0 Å². The number of hydrogen-bond acceptors (Lipinski definition) is 2. The van der Waals surface area contributed by atoms with Crippen LogP contribution in [0.1, 0.15) is 47.5 Å². The minimum Gasteiger partial charge on any atom is -0.330 e. The lowest BCUT2D eigenvalue weighted by atomic mass is 10.0. The zero-order valence-electron chi connectivity index (χ0n) is 20.6. The normalized spacial score (nSPS) is 14.4. The molecule has 4 heteroatoms. The fourth-order valence-corrected chi connectivity index (χ4v) is 3.43. The van der Waals surface area contributed by atoms with Gasteiger partial charge in [0, 0.05) is 11.6 Å². The number of hydrogen-bond donors (Lipinski definition) is 2. The maximum Gasteiger partial charge on any atom is 0.271 e. The number of nitrogens with one attached hydrogen (secondary N) is 1. The first-order chi connectivity index (χ1) is 15.9. The highest BCUT2D eigenvalue weighted by Crippen LogP contribution is 2.25. The molecule has 1 aromatic carbocycles. The highest BCUT2D eigenvalue weighted by atomic mass is 16.1. The van der Waals surface area contributed by atoms with Crippen LogP contribution in [0.3, 0.4) is 0 Å². The second kappa shape index (κ2) is 13.2.